The monoisotopic (exact) mass is 761 g/mol. The molecule has 1 aromatic heterocycles. The number of fused-ring (bicyclic) bond motifs is 1. The number of hydrogen-bond donors (Lipinski definition) is 2. The van der Waals surface area contributed by atoms with E-state index in [-0.39, 0.29) is 56.8 Å². The first-order chi connectivity index (χ1) is 25.1. The van der Waals surface area contributed by atoms with Crippen LogP contribution in [0.4, 0.5) is 32.0 Å². The summed E-state index contributed by atoms with van der Waals surface area (Å²) in [6.07, 6.45) is -4.58. The van der Waals surface area contributed by atoms with Crippen molar-refractivity contribution in [2.75, 3.05) is 36.7 Å². The molecular weight excluding hydrogens is 721 g/mol. The molecule has 0 radical (unpaired) electrons. The van der Waals surface area contributed by atoms with Crippen LogP contribution in [0.25, 0.3) is 22.2 Å². The van der Waals surface area contributed by atoms with Crippen LogP contribution in [0, 0.1) is 0 Å². The van der Waals surface area contributed by atoms with Crippen LogP contribution in [0.2, 0.25) is 0 Å². The summed E-state index contributed by atoms with van der Waals surface area (Å²) in [4.78, 5) is 23.7. The van der Waals surface area contributed by atoms with Gasteiger partial charge in [0.1, 0.15) is 0 Å². The van der Waals surface area contributed by atoms with Crippen LogP contribution >= 0.6 is 0 Å². The van der Waals surface area contributed by atoms with Crippen LogP contribution in [0.1, 0.15) is 72.1 Å². The Bertz CT molecular complexity index is 2030. The molecule has 2 saturated heterocycles. The van der Waals surface area contributed by atoms with Gasteiger partial charge in [0.2, 0.25) is 10.0 Å². The van der Waals surface area contributed by atoms with E-state index >= 15 is 0 Å². The lowest BCUT2D eigenvalue weighted by Gasteiger charge is -2.40. The van der Waals surface area contributed by atoms with Crippen molar-refractivity contribution in [1.82, 2.24) is 20.1 Å². The Morgan fingerprint density at radius 1 is 0.887 bits per heavy atom. The number of pyridine rings is 1. The quantitative estimate of drug-likeness (QED) is 0.159. The molecule has 2 aliphatic rings. The number of sulfonamides is 1. The summed E-state index contributed by atoms with van der Waals surface area (Å²) in [7, 11) is -3.80. The van der Waals surface area contributed by atoms with E-state index in [2.05, 4.69) is 14.9 Å². The van der Waals surface area contributed by atoms with Gasteiger partial charge in [-0.3, -0.25) is 14.4 Å². The number of aromatic nitrogens is 1. The topological polar surface area (TPSA) is 94.6 Å². The average Bonchev–Trinajstić information content (AvgIpc) is 3.13. The Hall–Kier alpha value is -4.21. The SMILES string of the molecule is CCS(=O)(=O)Nc1ccc2nc(-c3cccc(C(F)(F)F)c3)c(CN3CCC(N4CCCCC4)CC3)c(C(=O)N[C@H](c3ccccc3)C(F)(F)F)c2c1. The summed E-state index contributed by atoms with van der Waals surface area (Å²) in [5, 5.41) is 2.21. The summed E-state index contributed by atoms with van der Waals surface area (Å²) < 4.78 is 113. The van der Waals surface area contributed by atoms with Gasteiger partial charge in [-0.2, -0.15) is 26.3 Å². The fourth-order valence-electron chi connectivity index (χ4n) is 7.27. The van der Waals surface area contributed by atoms with E-state index < -0.39 is 39.9 Å². The van der Waals surface area contributed by atoms with Crippen LogP contribution < -0.4 is 10.0 Å². The lowest BCUT2D eigenvalue weighted by molar-refractivity contribution is -0.155. The van der Waals surface area contributed by atoms with Crippen molar-refractivity contribution in [2.45, 2.75) is 70.0 Å². The van der Waals surface area contributed by atoms with Crippen molar-refractivity contribution >= 4 is 32.5 Å². The van der Waals surface area contributed by atoms with E-state index in [0.29, 0.717) is 19.1 Å². The van der Waals surface area contributed by atoms with Gasteiger partial charge >= 0.3 is 12.4 Å². The van der Waals surface area contributed by atoms with Gasteiger partial charge in [-0.15, -0.1) is 0 Å². The smallest absolute Gasteiger partial charge is 0.337 e. The molecule has 1 amide bonds. The van der Waals surface area contributed by atoms with Gasteiger partial charge in [-0.25, -0.2) is 13.4 Å². The Balaban J connectivity index is 1.52. The Kier molecular flexibility index (Phi) is 11.4. The van der Waals surface area contributed by atoms with Crippen molar-refractivity contribution in [3.05, 3.63) is 95.1 Å². The molecule has 0 spiro atoms. The zero-order chi connectivity index (χ0) is 38.0. The molecule has 0 saturated carbocycles. The van der Waals surface area contributed by atoms with Crippen molar-refractivity contribution in [1.29, 1.82) is 0 Å². The maximum atomic E-state index is 14.6. The van der Waals surface area contributed by atoms with E-state index in [1.807, 2.05) is 4.90 Å². The second kappa shape index (κ2) is 15.6. The maximum absolute atomic E-state index is 14.6. The molecule has 1 atom stereocenters. The van der Waals surface area contributed by atoms with E-state index in [1.54, 1.807) is 6.07 Å². The van der Waals surface area contributed by atoms with E-state index in [9.17, 15) is 39.6 Å². The number of alkyl halides is 6. The number of piperidine rings is 2. The first-order valence-electron chi connectivity index (χ1n) is 17.7. The number of amides is 1. The number of carbonyl (C=O) groups excluding carboxylic acids is 1. The highest BCUT2D eigenvalue weighted by molar-refractivity contribution is 7.92. The molecule has 2 fully saturated rings. The third-order valence-corrected chi connectivity index (χ3v) is 11.3. The number of anilines is 1. The summed E-state index contributed by atoms with van der Waals surface area (Å²) in [6, 6.07) is 13.3. The van der Waals surface area contributed by atoms with Gasteiger partial charge in [-0.05, 0) is 94.7 Å². The lowest BCUT2D eigenvalue weighted by atomic mass is 9.93. The van der Waals surface area contributed by atoms with Gasteiger partial charge in [0.25, 0.3) is 5.91 Å². The van der Waals surface area contributed by atoms with Crippen molar-refractivity contribution in [2.24, 2.45) is 0 Å². The highest BCUT2D eigenvalue weighted by Crippen LogP contribution is 2.38. The average molecular weight is 762 g/mol. The molecule has 2 aliphatic heterocycles. The predicted octanol–water partition coefficient (Wildman–Crippen LogP) is 8.17. The van der Waals surface area contributed by atoms with Crippen molar-refractivity contribution < 1.29 is 39.6 Å². The van der Waals surface area contributed by atoms with E-state index in [4.69, 9.17) is 4.98 Å². The minimum atomic E-state index is -4.91. The Morgan fingerprint density at radius 2 is 1.58 bits per heavy atom. The standard InChI is InChI=1S/C38H41F6N5O3S/c1-2-53(51,52)47-28-14-15-32-30(23-28)33(36(50)46-35(38(42,43)44)25-10-5-3-6-11-25)31(34(45-32)26-12-9-13-27(22-26)37(39,40)41)24-48-20-16-29(17-21-48)49-18-7-4-8-19-49/h3,5-6,9-15,22-23,29,35,47H,2,4,7-8,16-21,24H2,1H3,(H,46,50)/t35-/m1/s1. The molecule has 53 heavy (non-hydrogen) atoms. The molecule has 284 valence electrons. The predicted molar refractivity (Wildman–Crippen MR) is 192 cm³/mol. The largest absolute Gasteiger partial charge is 0.416 e. The second-order valence-corrected chi connectivity index (χ2v) is 15.6. The molecule has 0 unspecified atom stereocenters. The fourth-order valence-corrected chi connectivity index (χ4v) is 7.90. The molecule has 3 heterocycles. The van der Waals surface area contributed by atoms with Crippen LogP contribution in [0.5, 0.6) is 0 Å². The van der Waals surface area contributed by atoms with Gasteiger partial charge < -0.3 is 10.2 Å². The van der Waals surface area contributed by atoms with Gasteiger partial charge in [0, 0.05) is 34.8 Å². The molecule has 3 aromatic carbocycles. The number of likely N-dealkylation sites (tertiary alicyclic amines) is 2. The maximum Gasteiger partial charge on any atom is 0.416 e. The van der Waals surface area contributed by atoms with Crippen LogP contribution in [0.3, 0.4) is 0 Å². The van der Waals surface area contributed by atoms with Crippen LogP contribution in [-0.4, -0.2) is 73.3 Å². The minimum absolute atomic E-state index is 0.00305. The van der Waals surface area contributed by atoms with Crippen molar-refractivity contribution in [3.8, 4) is 11.3 Å². The number of halogens is 6. The van der Waals surface area contributed by atoms with Crippen molar-refractivity contribution in [3.63, 3.8) is 0 Å². The molecule has 6 rings (SSSR count). The van der Waals surface area contributed by atoms with Gasteiger partial charge in [-0.1, -0.05) is 48.9 Å². The number of nitrogens with one attached hydrogen (secondary N) is 2. The molecule has 15 heteroatoms. The number of rotatable bonds is 10. The van der Waals surface area contributed by atoms with E-state index in [1.165, 1.54) is 67.9 Å². The normalized spacial score (nSPS) is 17.5. The van der Waals surface area contributed by atoms with E-state index in [0.717, 1.165) is 50.9 Å². The summed E-state index contributed by atoms with van der Waals surface area (Å²) >= 11 is 0. The van der Waals surface area contributed by atoms with Crippen LogP contribution in [-0.2, 0) is 22.7 Å². The summed E-state index contributed by atoms with van der Waals surface area (Å²) in [5.41, 5.74) is -1.11. The van der Waals surface area contributed by atoms with Gasteiger partial charge in [0.05, 0.1) is 28.1 Å². The second-order valence-electron chi connectivity index (χ2n) is 13.6. The first kappa shape index (κ1) is 38.5. The molecule has 0 bridgehead atoms. The molecule has 0 aliphatic carbocycles. The molecule has 4 aromatic rings. The summed E-state index contributed by atoms with van der Waals surface area (Å²) in [5.74, 6) is -1.40. The molecule has 2 N–H and O–H groups in total. The third-order valence-electron chi connectivity index (χ3n) is 10.0. The summed E-state index contributed by atoms with van der Waals surface area (Å²) in [6.45, 7) is 4.60. The fraction of sp³-hybridized carbons (Fsp3) is 0.421. The highest BCUT2D eigenvalue weighted by atomic mass is 32.2. The lowest BCUT2D eigenvalue weighted by Crippen LogP contribution is -2.46. The zero-order valence-corrected chi connectivity index (χ0v) is 29.9. The minimum Gasteiger partial charge on any atom is -0.337 e. The number of hydrogen-bond acceptors (Lipinski definition) is 6. The highest BCUT2D eigenvalue weighted by Gasteiger charge is 2.43. The van der Waals surface area contributed by atoms with Gasteiger partial charge in [0.15, 0.2) is 6.04 Å². The third kappa shape index (κ3) is 9.13. The number of benzene rings is 3. The Morgan fingerprint density at radius 3 is 2.23 bits per heavy atom. The molecular formula is C38H41F6N5O3S. The first-order valence-corrected chi connectivity index (χ1v) is 19.3. The molecule has 8 nitrogen and oxygen atoms in total. The van der Waals surface area contributed by atoms with Crippen LogP contribution in [0.15, 0.2) is 72.8 Å². The zero-order valence-electron chi connectivity index (χ0n) is 29.1. The Labute approximate surface area is 304 Å². The number of carbonyl (C=O) groups is 1. The number of nitrogens with zero attached hydrogens (tertiary/aromatic N) is 3.